The van der Waals surface area contributed by atoms with Crippen LogP contribution in [-0.4, -0.2) is 129 Å². The molecule has 0 fully saturated rings. The standard InChI is InChI=1S/C34H57ClN10O7/c1-2-3-4-7-16-45(19-24(48)28(50)29(51)25(49)20-46)17-8-15-39-26(41-21-47)18-23-12-10-22(11-13-23)9-5-6-14-40-34(38)44-33(52)27-31(36)43-32(37)30(35)42-27/h10-13,21,24-26,28-29,39,46,48-51H,2-9,14-20H2,1H3,(H,41,47)(H4,36,37,43)(H3,38,40,44,52)/t24-,25?,26+,28+,29+/m0/s1. The molecule has 18 heteroatoms. The molecule has 0 aliphatic carbocycles. The molecule has 1 aromatic heterocycles. The molecule has 1 heterocycles. The first-order valence-electron chi connectivity index (χ1n) is 17.7. The Labute approximate surface area is 310 Å². The van der Waals surface area contributed by atoms with Crippen LogP contribution in [0.1, 0.15) is 73.5 Å². The average Bonchev–Trinajstić information content (AvgIpc) is 3.12. The maximum absolute atomic E-state index is 12.4. The molecule has 292 valence electrons. The van der Waals surface area contributed by atoms with E-state index in [1.807, 2.05) is 29.2 Å². The van der Waals surface area contributed by atoms with Crippen molar-refractivity contribution in [1.82, 2.24) is 30.8 Å². The molecule has 2 aromatic rings. The molecule has 1 unspecified atom stereocenters. The van der Waals surface area contributed by atoms with Crippen molar-refractivity contribution in [2.75, 3.05) is 50.8 Å². The number of guanidine groups is 1. The van der Waals surface area contributed by atoms with Crippen molar-refractivity contribution in [3.63, 3.8) is 0 Å². The molecule has 0 spiro atoms. The Balaban J connectivity index is 1.79. The van der Waals surface area contributed by atoms with Crippen LogP contribution in [0.4, 0.5) is 11.6 Å². The van der Waals surface area contributed by atoms with Gasteiger partial charge in [0.1, 0.15) is 18.3 Å². The van der Waals surface area contributed by atoms with Crippen LogP contribution in [0.5, 0.6) is 0 Å². The highest BCUT2D eigenvalue weighted by molar-refractivity contribution is 6.31. The van der Waals surface area contributed by atoms with E-state index in [-0.39, 0.29) is 41.2 Å². The summed E-state index contributed by atoms with van der Waals surface area (Å²) in [6.07, 6.45) is 1.98. The lowest BCUT2D eigenvalue weighted by Crippen LogP contribution is -2.50. The highest BCUT2D eigenvalue weighted by Crippen LogP contribution is 2.17. The zero-order chi connectivity index (χ0) is 38.5. The predicted octanol–water partition coefficient (Wildman–Crippen LogP) is -0.726. The summed E-state index contributed by atoms with van der Waals surface area (Å²) in [4.78, 5) is 37.5. The number of carbonyl (C=O) groups excluding carboxylic acids is 2. The lowest BCUT2D eigenvalue weighted by Gasteiger charge is -2.30. The molecular weight excluding hydrogens is 696 g/mol. The lowest BCUT2D eigenvalue weighted by molar-refractivity contribution is -0.119. The monoisotopic (exact) mass is 752 g/mol. The Morgan fingerprint density at radius 2 is 1.62 bits per heavy atom. The number of halogens is 1. The summed E-state index contributed by atoms with van der Waals surface area (Å²) in [6.45, 7) is 3.75. The van der Waals surface area contributed by atoms with E-state index < -0.39 is 36.9 Å². The van der Waals surface area contributed by atoms with Crippen LogP contribution in [0.2, 0.25) is 5.15 Å². The van der Waals surface area contributed by atoms with Gasteiger partial charge in [0.15, 0.2) is 28.4 Å². The fourth-order valence-corrected chi connectivity index (χ4v) is 5.51. The van der Waals surface area contributed by atoms with Crippen molar-refractivity contribution in [2.24, 2.45) is 10.7 Å². The first-order valence-corrected chi connectivity index (χ1v) is 18.0. The number of benzene rings is 1. The van der Waals surface area contributed by atoms with E-state index in [9.17, 15) is 30.0 Å². The molecule has 52 heavy (non-hydrogen) atoms. The normalized spacial score (nSPS) is 14.8. The summed E-state index contributed by atoms with van der Waals surface area (Å²) in [5.41, 5.74) is 19.0. The summed E-state index contributed by atoms with van der Waals surface area (Å²) >= 11 is 5.82. The molecule has 0 saturated heterocycles. The highest BCUT2D eigenvalue weighted by atomic mass is 35.5. The second-order valence-electron chi connectivity index (χ2n) is 12.6. The van der Waals surface area contributed by atoms with Crippen LogP contribution in [0.25, 0.3) is 0 Å². The molecule has 2 rings (SSSR count). The van der Waals surface area contributed by atoms with Gasteiger partial charge in [-0.15, -0.1) is 0 Å². The van der Waals surface area contributed by atoms with Crippen LogP contribution in [0.15, 0.2) is 29.3 Å². The summed E-state index contributed by atoms with van der Waals surface area (Å²) in [5.74, 6) is -1.04. The van der Waals surface area contributed by atoms with E-state index in [1.165, 1.54) is 0 Å². The molecule has 0 aliphatic heterocycles. The summed E-state index contributed by atoms with van der Waals surface area (Å²) < 4.78 is 0. The van der Waals surface area contributed by atoms with E-state index in [4.69, 9.17) is 33.9 Å². The van der Waals surface area contributed by atoms with Gasteiger partial charge in [0, 0.05) is 19.5 Å². The number of nitrogens with one attached hydrogen (secondary N) is 3. The first-order chi connectivity index (χ1) is 24.9. The topological polar surface area (TPSA) is 291 Å². The number of aliphatic hydroxyl groups excluding tert-OH is 5. The third-order valence-corrected chi connectivity index (χ3v) is 8.67. The lowest BCUT2D eigenvalue weighted by atomic mass is 10.0. The van der Waals surface area contributed by atoms with E-state index in [0.29, 0.717) is 45.4 Å². The number of nitrogens with two attached hydrogens (primary N) is 3. The quantitative estimate of drug-likeness (QED) is 0.0186. The van der Waals surface area contributed by atoms with E-state index in [1.54, 1.807) is 0 Å². The Bertz CT molecular complexity index is 1370. The van der Waals surface area contributed by atoms with Gasteiger partial charge in [0.25, 0.3) is 5.91 Å². The van der Waals surface area contributed by atoms with Crippen molar-refractivity contribution >= 4 is 41.5 Å². The third kappa shape index (κ3) is 16.3. The minimum Gasteiger partial charge on any atom is -0.394 e. The predicted molar refractivity (Wildman–Crippen MR) is 200 cm³/mol. The average molecular weight is 753 g/mol. The van der Waals surface area contributed by atoms with Crippen LogP contribution in [0, 0.1) is 0 Å². The number of unbranched alkanes of at least 4 members (excludes halogenated alkanes) is 4. The first kappa shape index (κ1) is 44.5. The third-order valence-electron chi connectivity index (χ3n) is 8.39. The fourth-order valence-electron chi connectivity index (χ4n) is 5.39. The molecule has 2 amide bonds. The number of amides is 2. The van der Waals surface area contributed by atoms with Crippen molar-refractivity contribution < 1.29 is 35.1 Å². The van der Waals surface area contributed by atoms with Crippen LogP contribution in [0.3, 0.4) is 0 Å². The van der Waals surface area contributed by atoms with Gasteiger partial charge in [0.05, 0.1) is 18.9 Å². The van der Waals surface area contributed by atoms with Crippen molar-refractivity contribution in [2.45, 2.75) is 95.3 Å². The van der Waals surface area contributed by atoms with E-state index in [2.05, 4.69) is 37.8 Å². The molecule has 5 atom stereocenters. The number of rotatable bonds is 26. The second kappa shape index (κ2) is 24.5. The van der Waals surface area contributed by atoms with Gasteiger partial charge in [-0.05, 0) is 62.9 Å². The molecule has 0 radical (unpaired) electrons. The number of aliphatic hydroxyl groups is 5. The molecule has 1 aromatic carbocycles. The van der Waals surface area contributed by atoms with Gasteiger partial charge < -0.3 is 53.0 Å². The van der Waals surface area contributed by atoms with Crippen LogP contribution < -0.4 is 33.2 Å². The summed E-state index contributed by atoms with van der Waals surface area (Å²) in [7, 11) is 0. The minimum absolute atomic E-state index is 0.0819. The van der Waals surface area contributed by atoms with Crippen LogP contribution >= 0.6 is 11.6 Å². The Morgan fingerprint density at radius 3 is 2.29 bits per heavy atom. The SMILES string of the molecule is CCCCCCN(CCCN[C@@H](Cc1ccc(CCCCN=C(N)NC(=O)c2nc(Cl)c(N)nc2N)cc1)NC=O)C[C@H](O)[C@@H](O)[C@H](O)C(O)CO. The Hall–Kier alpha value is -3.68. The number of nitrogens with zero attached hydrogens (tertiary/aromatic N) is 4. The zero-order valence-corrected chi connectivity index (χ0v) is 30.6. The highest BCUT2D eigenvalue weighted by Gasteiger charge is 2.31. The fraction of sp³-hybridized carbons (Fsp3) is 0.618. The Kier molecular flexibility index (Phi) is 21.0. The van der Waals surface area contributed by atoms with Gasteiger partial charge in [-0.2, -0.15) is 0 Å². The smallest absolute Gasteiger partial charge is 0.280 e. The largest absolute Gasteiger partial charge is 0.394 e. The number of aryl methyl sites for hydroxylation is 1. The zero-order valence-electron chi connectivity index (χ0n) is 29.8. The van der Waals surface area contributed by atoms with Gasteiger partial charge in [-0.25, -0.2) is 9.97 Å². The molecule has 17 nitrogen and oxygen atoms in total. The number of hydrogen-bond acceptors (Lipinski definition) is 14. The van der Waals surface area contributed by atoms with Gasteiger partial charge >= 0.3 is 0 Å². The van der Waals surface area contributed by atoms with E-state index in [0.717, 1.165) is 56.1 Å². The number of carbonyl (C=O) groups is 2. The molecule has 14 N–H and O–H groups in total. The van der Waals surface area contributed by atoms with Gasteiger partial charge in [-0.3, -0.25) is 25.2 Å². The Morgan fingerprint density at radius 1 is 0.942 bits per heavy atom. The number of aliphatic imine (C=N–C) groups is 1. The second-order valence-corrected chi connectivity index (χ2v) is 13.0. The van der Waals surface area contributed by atoms with Gasteiger partial charge in [-0.1, -0.05) is 62.1 Å². The molecule has 0 bridgehead atoms. The number of nitrogen functional groups attached to an aromatic ring is 2. The van der Waals surface area contributed by atoms with Crippen molar-refractivity contribution in [1.29, 1.82) is 0 Å². The maximum Gasteiger partial charge on any atom is 0.280 e. The summed E-state index contributed by atoms with van der Waals surface area (Å²) in [5, 5.41) is 58.0. The van der Waals surface area contributed by atoms with E-state index >= 15 is 0 Å². The maximum atomic E-state index is 12.4. The van der Waals surface area contributed by atoms with Crippen LogP contribution in [-0.2, 0) is 17.6 Å². The van der Waals surface area contributed by atoms with Gasteiger partial charge in [0.2, 0.25) is 6.41 Å². The number of anilines is 2. The number of hydrogen-bond donors (Lipinski definition) is 11. The molecule has 0 aliphatic rings. The molecule has 0 saturated carbocycles. The van der Waals surface area contributed by atoms with Crippen molar-refractivity contribution in [3.05, 3.63) is 46.2 Å². The number of aromatic nitrogens is 2. The molecular formula is C34H57ClN10O7. The summed E-state index contributed by atoms with van der Waals surface area (Å²) in [6, 6.07) is 8.13. The minimum atomic E-state index is -1.67. The van der Waals surface area contributed by atoms with Crippen molar-refractivity contribution in [3.8, 4) is 0 Å².